The van der Waals surface area contributed by atoms with Crippen LogP contribution in [0, 0.1) is 5.41 Å². The number of hydrogen-bond donors (Lipinski definition) is 3. The fourth-order valence-electron chi connectivity index (χ4n) is 2.11. The third-order valence-corrected chi connectivity index (χ3v) is 3.62. The zero-order chi connectivity index (χ0) is 12.2. The summed E-state index contributed by atoms with van der Waals surface area (Å²) in [5, 5.41) is 21.0. The molecule has 1 aliphatic rings. The van der Waals surface area contributed by atoms with Gasteiger partial charge in [-0.3, -0.25) is 4.79 Å². The fraction of sp³-hybridized carbons (Fsp3) is 0.917. The van der Waals surface area contributed by atoms with Crippen molar-refractivity contribution in [2.45, 2.75) is 51.5 Å². The SMILES string of the molecule is CC(CO)(CO)NC(=O)C1(C)CCCCC1. The molecule has 1 fully saturated rings. The second kappa shape index (κ2) is 5.15. The molecule has 94 valence electrons. The Morgan fingerprint density at radius 2 is 1.75 bits per heavy atom. The van der Waals surface area contributed by atoms with E-state index in [1.807, 2.05) is 6.92 Å². The predicted molar refractivity (Wildman–Crippen MR) is 61.9 cm³/mol. The van der Waals surface area contributed by atoms with Crippen LogP contribution >= 0.6 is 0 Å². The van der Waals surface area contributed by atoms with E-state index in [2.05, 4.69) is 5.32 Å². The Balaban J connectivity index is 2.63. The summed E-state index contributed by atoms with van der Waals surface area (Å²) >= 11 is 0. The topological polar surface area (TPSA) is 69.6 Å². The maximum atomic E-state index is 12.1. The van der Waals surface area contributed by atoms with Crippen molar-refractivity contribution in [2.75, 3.05) is 13.2 Å². The quantitative estimate of drug-likeness (QED) is 0.668. The van der Waals surface area contributed by atoms with Gasteiger partial charge in [0.2, 0.25) is 5.91 Å². The summed E-state index contributed by atoms with van der Waals surface area (Å²) in [6, 6.07) is 0. The lowest BCUT2D eigenvalue weighted by molar-refractivity contribution is -0.135. The normalized spacial score (nSPS) is 20.5. The highest BCUT2D eigenvalue weighted by Crippen LogP contribution is 2.36. The van der Waals surface area contributed by atoms with E-state index in [0.29, 0.717) is 0 Å². The average molecular weight is 229 g/mol. The molecule has 0 spiro atoms. The summed E-state index contributed by atoms with van der Waals surface area (Å²) in [6.45, 7) is 3.13. The Bertz CT molecular complexity index is 243. The fourth-order valence-corrected chi connectivity index (χ4v) is 2.11. The molecule has 16 heavy (non-hydrogen) atoms. The van der Waals surface area contributed by atoms with Crippen molar-refractivity contribution in [2.24, 2.45) is 5.41 Å². The minimum atomic E-state index is -0.905. The molecule has 0 bridgehead atoms. The van der Waals surface area contributed by atoms with Crippen LogP contribution in [0.2, 0.25) is 0 Å². The molecule has 0 heterocycles. The van der Waals surface area contributed by atoms with E-state index in [-0.39, 0.29) is 24.5 Å². The van der Waals surface area contributed by atoms with Crippen LogP contribution in [0.3, 0.4) is 0 Å². The Kier molecular flexibility index (Phi) is 4.33. The van der Waals surface area contributed by atoms with Gasteiger partial charge in [0, 0.05) is 5.41 Å². The summed E-state index contributed by atoms with van der Waals surface area (Å²) in [6.07, 6.45) is 5.15. The third-order valence-electron chi connectivity index (χ3n) is 3.62. The monoisotopic (exact) mass is 229 g/mol. The molecule has 3 N–H and O–H groups in total. The van der Waals surface area contributed by atoms with Crippen molar-refractivity contribution in [3.05, 3.63) is 0 Å². The van der Waals surface area contributed by atoms with E-state index in [1.165, 1.54) is 6.42 Å². The van der Waals surface area contributed by atoms with Gasteiger partial charge < -0.3 is 15.5 Å². The van der Waals surface area contributed by atoms with Crippen molar-refractivity contribution in [1.82, 2.24) is 5.32 Å². The van der Waals surface area contributed by atoms with Gasteiger partial charge in [0.15, 0.2) is 0 Å². The van der Waals surface area contributed by atoms with Crippen LogP contribution in [-0.2, 0) is 4.79 Å². The van der Waals surface area contributed by atoms with Gasteiger partial charge in [-0.2, -0.15) is 0 Å². The van der Waals surface area contributed by atoms with Crippen LogP contribution in [0.5, 0.6) is 0 Å². The van der Waals surface area contributed by atoms with Gasteiger partial charge in [0.1, 0.15) is 0 Å². The molecule has 0 saturated heterocycles. The lowest BCUT2D eigenvalue weighted by Gasteiger charge is -2.36. The van der Waals surface area contributed by atoms with Gasteiger partial charge in [-0.1, -0.05) is 26.2 Å². The van der Waals surface area contributed by atoms with Crippen molar-refractivity contribution in [3.8, 4) is 0 Å². The van der Waals surface area contributed by atoms with E-state index in [4.69, 9.17) is 10.2 Å². The number of amides is 1. The number of carbonyl (C=O) groups excluding carboxylic acids is 1. The highest BCUT2D eigenvalue weighted by Gasteiger charge is 2.37. The largest absolute Gasteiger partial charge is 0.394 e. The smallest absolute Gasteiger partial charge is 0.226 e. The first-order valence-corrected chi connectivity index (χ1v) is 6.00. The lowest BCUT2D eigenvalue weighted by atomic mass is 9.74. The van der Waals surface area contributed by atoms with Crippen molar-refractivity contribution in [1.29, 1.82) is 0 Å². The molecule has 0 aromatic heterocycles. The third kappa shape index (κ3) is 2.95. The Morgan fingerprint density at radius 3 is 2.19 bits per heavy atom. The first-order chi connectivity index (χ1) is 7.46. The first-order valence-electron chi connectivity index (χ1n) is 6.00. The summed E-state index contributed by atoms with van der Waals surface area (Å²) in [7, 11) is 0. The van der Waals surface area contributed by atoms with Crippen molar-refractivity contribution in [3.63, 3.8) is 0 Å². The summed E-state index contributed by atoms with van der Waals surface area (Å²) in [5.41, 5.74) is -1.23. The molecule has 0 aromatic carbocycles. The van der Waals surface area contributed by atoms with E-state index in [0.717, 1.165) is 25.7 Å². The second-order valence-corrected chi connectivity index (χ2v) is 5.45. The van der Waals surface area contributed by atoms with Crippen LogP contribution in [0.4, 0.5) is 0 Å². The molecule has 4 nitrogen and oxygen atoms in total. The molecular formula is C12H23NO3. The highest BCUT2D eigenvalue weighted by atomic mass is 16.3. The van der Waals surface area contributed by atoms with Crippen molar-refractivity contribution >= 4 is 5.91 Å². The van der Waals surface area contributed by atoms with E-state index in [9.17, 15) is 4.79 Å². The number of carbonyl (C=O) groups is 1. The van der Waals surface area contributed by atoms with Gasteiger partial charge in [-0.25, -0.2) is 0 Å². The maximum Gasteiger partial charge on any atom is 0.226 e. The van der Waals surface area contributed by atoms with E-state index >= 15 is 0 Å². The summed E-state index contributed by atoms with van der Waals surface area (Å²) in [4.78, 5) is 12.1. The minimum Gasteiger partial charge on any atom is -0.394 e. The predicted octanol–water partition coefficient (Wildman–Crippen LogP) is 0.816. The summed E-state index contributed by atoms with van der Waals surface area (Å²) < 4.78 is 0. The van der Waals surface area contributed by atoms with Crippen LogP contribution in [0.15, 0.2) is 0 Å². The molecule has 0 atom stereocenters. The van der Waals surface area contributed by atoms with Crippen molar-refractivity contribution < 1.29 is 15.0 Å². The maximum absolute atomic E-state index is 12.1. The molecule has 1 rings (SSSR count). The molecule has 0 radical (unpaired) electrons. The number of hydrogen-bond acceptors (Lipinski definition) is 3. The minimum absolute atomic E-state index is 0.0437. The average Bonchev–Trinajstić information content (AvgIpc) is 2.30. The Morgan fingerprint density at radius 1 is 1.25 bits per heavy atom. The van der Waals surface area contributed by atoms with Crippen LogP contribution in [0.1, 0.15) is 46.0 Å². The second-order valence-electron chi connectivity index (χ2n) is 5.45. The zero-order valence-electron chi connectivity index (χ0n) is 10.3. The van der Waals surface area contributed by atoms with E-state index in [1.54, 1.807) is 6.92 Å². The lowest BCUT2D eigenvalue weighted by Crippen LogP contribution is -2.56. The summed E-state index contributed by atoms with van der Waals surface area (Å²) in [5.74, 6) is -0.0437. The number of aliphatic hydroxyl groups is 2. The number of aliphatic hydroxyl groups excluding tert-OH is 2. The van der Waals surface area contributed by atoms with Gasteiger partial charge in [-0.15, -0.1) is 0 Å². The van der Waals surface area contributed by atoms with Gasteiger partial charge in [0.25, 0.3) is 0 Å². The molecular weight excluding hydrogens is 206 g/mol. The number of rotatable bonds is 4. The van der Waals surface area contributed by atoms with Crippen LogP contribution in [0.25, 0.3) is 0 Å². The van der Waals surface area contributed by atoms with Gasteiger partial charge in [-0.05, 0) is 19.8 Å². The first kappa shape index (κ1) is 13.5. The molecule has 1 saturated carbocycles. The molecule has 0 aliphatic heterocycles. The standard InChI is InChI=1S/C12H23NO3/c1-11(6-4-3-5-7-11)10(16)13-12(2,8-14)9-15/h14-15H,3-9H2,1-2H3,(H,13,16). The molecule has 4 heteroatoms. The molecule has 0 aromatic rings. The Labute approximate surface area is 97.0 Å². The molecule has 0 unspecified atom stereocenters. The van der Waals surface area contributed by atoms with Crippen LogP contribution in [-0.4, -0.2) is 34.9 Å². The highest BCUT2D eigenvalue weighted by molar-refractivity contribution is 5.83. The van der Waals surface area contributed by atoms with Gasteiger partial charge >= 0.3 is 0 Å². The van der Waals surface area contributed by atoms with Gasteiger partial charge in [0.05, 0.1) is 18.8 Å². The molecule has 1 amide bonds. The number of nitrogens with one attached hydrogen (secondary N) is 1. The Hall–Kier alpha value is -0.610. The van der Waals surface area contributed by atoms with E-state index < -0.39 is 5.54 Å². The van der Waals surface area contributed by atoms with Crippen LogP contribution < -0.4 is 5.32 Å². The molecule has 1 aliphatic carbocycles. The zero-order valence-corrected chi connectivity index (χ0v) is 10.3.